The molecular formula is C3H12N2O3Pt. The normalized spacial score (nSPS) is 9.11. The molecule has 0 fully saturated rings. The zero-order valence-electron chi connectivity index (χ0n) is 5.11. The number of rotatable bonds is 1. The van der Waals surface area contributed by atoms with E-state index in [1.165, 1.54) is 6.92 Å². The Hall–Kier alpha value is 0.0383. The fourth-order valence-corrected chi connectivity index (χ4v) is 0. The second kappa shape index (κ2) is 10.9. The van der Waals surface area contributed by atoms with Crippen molar-refractivity contribution in [2.45, 2.75) is 13.0 Å². The van der Waals surface area contributed by atoms with E-state index in [0.29, 0.717) is 0 Å². The van der Waals surface area contributed by atoms with Crippen molar-refractivity contribution < 1.29 is 36.1 Å². The van der Waals surface area contributed by atoms with Gasteiger partial charge in [-0.2, -0.15) is 0 Å². The van der Waals surface area contributed by atoms with Crippen molar-refractivity contribution in [3.05, 3.63) is 0 Å². The van der Waals surface area contributed by atoms with Gasteiger partial charge < -0.3 is 22.5 Å². The molecule has 1 atom stereocenters. The molecule has 0 aromatic carbocycles. The third-order valence-electron chi connectivity index (χ3n) is 0.357. The Balaban J connectivity index is -0.0000000417. The van der Waals surface area contributed by atoms with Gasteiger partial charge in [0.25, 0.3) is 0 Å². The number of hydrogen-bond donors (Lipinski definition) is 4. The summed E-state index contributed by atoms with van der Waals surface area (Å²) in [6.45, 7) is 1.20. The number of carboxylic acid groups (broad SMARTS) is 1. The van der Waals surface area contributed by atoms with Crippen LogP contribution in [-0.4, -0.2) is 22.3 Å². The largest absolute Gasteiger partial charge is 0.479 e. The van der Waals surface area contributed by atoms with Crippen molar-refractivity contribution in [2.24, 2.45) is 0 Å². The van der Waals surface area contributed by atoms with E-state index < -0.39 is 12.1 Å². The summed E-state index contributed by atoms with van der Waals surface area (Å²) < 4.78 is 0. The van der Waals surface area contributed by atoms with Gasteiger partial charge >= 0.3 is 5.97 Å². The second-order valence-corrected chi connectivity index (χ2v) is 1.01. The topological polar surface area (TPSA) is 128 Å². The van der Waals surface area contributed by atoms with Crippen LogP contribution in [0.15, 0.2) is 0 Å². The molecular weight excluding hydrogens is 307 g/mol. The number of hydrogen-bond acceptors (Lipinski definition) is 4. The van der Waals surface area contributed by atoms with Crippen LogP contribution in [0.2, 0.25) is 0 Å². The van der Waals surface area contributed by atoms with Gasteiger partial charge in [-0.1, -0.05) is 0 Å². The molecule has 0 bridgehead atoms. The van der Waals surface area contributed by atoms with Crippen LogP contribution in [-0.2, 0) is 25.9 Å². The van der Waals surface area contributed by atoms with Gasteiger partial charge in [-0.05, 0) is 6.92 Å². The molecule has 0 saturated heterocycles. The van der Waals surface area contributed by atoms with E-state index in [-0.39, 0.29) is 33.4 Å². The van der Waals surface area contributed by atoms with E-state index in [0.717, 1.165) is 0 Å². The van der Waals surface area contributed by atoms with Gasteiger partial charge in [0.1, 0.15) is 6.10 Å². The zero-order chi connectivity index (χ0) is 5.15. The van der Waals surface area contributed by atoms with Gasteiger partial charge in [-0.25, -0.2) is 4.79 Å². The second-order valence-electron chi connectivity index (χ2n) is 1.01. The summed E-state index contributed by atoms with van der Waals surface area (Å²) in [5.41, 5.74) is 0. The molecule has 0 aromatic rings. The first-order valence-electron chi connectivity index (χ1n) is 1.55. The summed E-state index contributed by atoms with van der Waals surface area (Å²) in [4.78, 5) is 9.45. The number of carboxylic acids is 1. The third kappa shape index (κ3) is 18.0. The molecule has 6 heteroatoms. The average molecular weight is 319 g/mol. The van der Waals surface area contributed by atoms with Gasteiger partial charge in [-0.15, -0.1) is 0 Å². The standard InChI is InChI=1S/C3H6O3.2H3N.Pt/c1-2(4)3(5)6;;;/h2,4H,1H3,(H,5,6);2*1H3;. The van der Waals surface area contributed by atoms with Crippen LogP contribution < -0.4 is 12.3 Å². The van der Waals surface area contributed by atoms with Crippen molar-refractivity contribution in [3.63, 3.8) is 0 Å². The third-order valence-corrected chi connectivity index (χ3v) is 0.357. The Labute approximate surface area is 67.9 Å². The van der Waals surface area contributed by atoms with Crippen LogP contribution in [0.5, 0.6) is 0 Å². The predicted molar refractivity (Wildman–Crippen MR) is 29.4 cm³/mol. The summed E-state index contributed by atoms with van der Waals surface area (Å²) >= 11 is 0. The van der Waals surface area contributed by atoms with Crippen LogP contribution in [0.25, 0.3) is 0 Å². The minimum Gasteiger partial charge on any atom is -0.479 e. The summed E-state index contributed by atoms with van der Waals surface area (Å²) in [7, 11) is 0. The average Bonchev–Trinajstić information content (AvgIpc) is 1.36. The molecule has 0 amide bonds. The van der Waals surface area contributed by atoms with Crippen molar-refractivity contribution in [1.29, 1.82) is 0 Å². The van der Waals surface area contributed by atoms with Gasteiger partial charge in [0.15, 0.2) is 0 Å². The Morgan fingerprint density at radius 1 is 1.44 bits per heavy atom. The maximum Gasteiger partial charge on any atom is 0.332 e. The minimum atomic E-state index is -1.23. The molecule has 1 unspecified atom stereocenters. The van der Waals surface area contributed by atoms with Crippen LogP contribution in [0.1, 0.15) is 6.92 Å². The van der Waals surface area contributed by atoms with Crippen molar-refractivity contribution in [2.75, 3.05) is 0 Å². The minimum absolute atomic E-state index is 0. The van der Waals surface area contributed by atoms with E-state index in [1.807, 2.05) is 0 Å². The summed E-state index contributed by atoms with van der Waals surface area (Å²) in [5, 5.41) is 15.8. The van der Waals surface area contributed by atoms with E-state index in [1.54, 1.807) is 0 Å². The van der Waals surface area contributed by atoms with E-state index >= 15 is 0 Å². The van der Waals surface area contributed by atoms with E-state index in [9.17, 15) is 4.79 Å². The Kier molecular flexibility index (Phi) is 27.9. The molecule has 0 aliphatic rings. The van der Waals surface area contributed by atoms with Crippen LogP contribution in [0.3, 0.4) is 0 Å². The van der Waals surface area contributed by atoms with Gasteiger partial charge in [0.05, 0.1) is 0 Å². The summed E-state index contributed by atoms with van der Waals surface area (Å²) in [5.74, 6) is -1.19. The molecule has 8 N–H and O–H groups in total. The SMILES string of the molecule is CC(O)C(=O)O.N.N.[Pt]. The maximum absolute atomic E-state index is 9.45. The van der Waals surface area contributed by atoms with Crippen molar-refractivity contribution in [1.82, 2.24) is 12.3 Å². The molecule has 0 rings (SSSR count). The molecule has 0 aliphatic carbocycles. The zero-order valence-corrected chi connectivity index (χ0v) is 7.38. The van der Waals surface area contributed by atoms with Crippen molar-refractivity contribution in [3.8, 4) is 0 Å². The smallest absolute Gasteiger partial charge is 0.332 e. The fourth-order valence-electron chi connectivity index (χ4n) is 0. The molecule has 5 nitrogen and oxygen atoms in total. The number of carbonyl (C=O) groups is 1. The molecule has 0 saturated carbocycles. The molecule has 0 radical (unpaired) electrons. The Morgan fingerprint density at radius 3 is 1.56 bits per heavy atom. The fraction of sp³-hybridized carbons (Fsp3) is 0.667. The number of aliphatic hydroxyl groups excluding tert-OH is 1. The molecule has 62 valence electrons. The van der Waals surface area contributed by atoms with E-state index in [2.05, 4.69) is 0 Å². The van der Waals surface area contributed by atoms with Gasteiger partial charge in [0, 0.05) is 21.1 Å². The predicted octanol–water partition coefficient (Wildman–Crippen LogP) is -0.227. The quantitative estimate of drug-likeness (QED) is 0.531. The van der Waals surface area contributed by atoms with Crippen LogP contribution in [0.4, 0.5) is 0 Å². The van der Waals surface area contributed by atoms with Crippen LogP contribution in [0, 0.1) is 0 Å². The van der Waals surface area contributed by atoms with Crippen LogP contribution >= 0.6 is 0 Å². The van der Waals surface area contributed by atoms with Gasteiger partial charge in [-0.3, -0.25) is 0 Å². The van der Waals surface area contributed by atoms with E-state index in [4.69, 9.17) is 10.2 Å². The summed E-state index contributed by atoms with van der Waals surface area (Å²) in [6.07, 6.45) is -1.23. The number of aliphatic carboxylic acids is 1. The molecule has 9 heavy (non-hydrogen) atoms. The molecule has 0 spiro atoms. The first-order valence-corrected chi connectivity index (χ1v) is 1.55. The monoisotopic (exact) mass is 319 g/mol. The Bertz CT molecular complexity index is 68.1. The van der Waals surface area contributed by atoms with Crippen molar-refractivity contribution >= 4 is 5.97 Å². The maximum atomic E-state index is 9.45. The first kappa shape index (κ1) is 23.0. The summed E-state index contributed by atoms with van der Waals surface area (Å²) in [6, 6.07) is 0. The molecule has 0 aliphatic heterocycles. The molecule has 0 heterocycles. The first-order chi connectivity index (χ1) is 2.64. The number of aliphatic hydroxyl groups is 1. The Morgan fingerprint density at radius 2 is 1.56 bits per heavy atom. The van der Waals surface area contributed by atoms with Gasteiger partial charge in [0.2, 0.25) is 0 Å². The molecule has 0 aromatic heterocycles.